The molecule has 5 nitrogen and oxygen atoms in total. The van der Waals surface area contributed by atoms with E-state index < -0.39 is 0 Å². The molecule has 2 atom stereocenters. The van der Waals surface area contributed by atoms with E-state index in [0.717, 1.165) is 44.2 Å². The molecule has 0 aromatic carbocycles. The summed E-state index contributed by atoms with van der Waals surface area (Å²) in [4.78, 5) is 6.78. The first kappa shape index (κ1) is 12.1. The standard InChI is InChI=1S/C13H21N3O2/c1-2-9-7-16(6-5-11(9)17)8-12-14-13(18-15-12)10-3-4-10/h9-11,17H,2-8H2,1H3. The largest absolute Gasteiger partial charge is 0.393 e. The van der Waals surface area contributed by atoms with E-state index in [0.29, 0.717) is 11.8 Å². The average Bonchev–Trinajstić information content (AvgIpc) is 3.13. The van der Waals surface area contributed by atoms with E-state index in [1.54, 1.807) is 0 Å². The maximum atomic E-state index is 9.86. The summed E-state index contributed by atoms with van der Waals surface area (Å²) in [6.45, 7) is 4.74. The Kier molecular flexibility index (Phi) is 3.35. The molecular formula is C13H21N3O2. The summed E-state index contributed by atoms with van der Waals surface area (Å²) in [6, 6.07) is 0. The van der Waals surface area contributed by atoms with Crippen LogP contribution >= 0.6 is 0 Å². The van der Waals surface area contributed by atoms with Crippen LogP contribution in [0.25, 0.3) is 0 Å². The minimum atomic E-state index is -0.140. The minimum Gasteiger partial charge on any atom is -0.393 e. The zero-order chi connectivity index (χ0) is 12.5. The highest BCUT2D eigenvalue weighted by Crippen LogP contribution is 2.38. The van der Waals surface area contributed by atoms with Gasteiger partial charge in [-0.05, 0) is 31.6 Å². The van der Waals surface area contributed by atoms with Crippen LogP contribution in [0.5, 0.6) is 0 Å². The predicted octanol–water partition coefficient (Wildman–Crippen LogP) is 1.54. The van der Waals surface area contributed by atoms with Crippen molar-refractivity contribution in [2.75, 3.05) is 13.1 Å². The SMILES string of the molecule is CCC1CN(Cc2noc(C3CC3)n2)CCC1O. The summed E-state index contributed by atoms with van der Waals surface area (Å²) in [5, 5.41) is 13.9. The quantitative estimate of drug-likeness (QED) is 0.879. The molecule has 100 valence electrons. The third-order valence-corrected chi connectivity index (χ3v) is 4.08. The molecule has 1 aromatic heterocycles. The monoisotopic (exact) mass is 251 g/mol. The molecule has 0 spiro atoms. The second kappa shape index (κ2) is 4.97. The zero-order valence-electron chi connectivity index (χ0n) is 10.9. The average molecular weight is 251 g/mol. The number of piperidine rings is 1. The molecule has 0 radical (unpaired) electrons. The van der Waals surface area contributed by atoms with E-state index in [9.17, 15) is 5.11 Å². The third kappa shape index (κ3) is 2.57. The lowest BCUT2D eigenvalue weighted by Crippen LogP contribution is -2.42. The number of nitrogens with zero attached hydrogens (tertiary/aromatic N) is 3. The molecule has 1 saturated heterocycles. The molecule has 2 heterocycles. The molecule has 2 unspecified atom stereocenters. The van der Waals surface area contributed by atoms with Gasteiger partial charge in [-0.15, -0.1) is 0 Å². The van der Waals surface area contributed by atoms with Gasteiger partial charge in [-0.25, -0.2) is 0 Å². The van der Waals surface area contributed by atoms with Gasteiger partial charge in [-0.1, -0.05) is 12.1 Å². The van der Waals surface area contributed by atoms with Crippen molar-refractivity contribution in [3.05, 3.63) is 11.7 Å². The van der Waals surface area contributed by atoms with E-state index in [2.05, 4.69) is 22.0 Å². The van der Waals surface area contributed by atoms with Crippen LogP contribution in [0.3, 0.4) is 0 Å². The van der Waals surface area contributed by atoms with Crippen molar-refractivity contribution < 1.29 is 9.63 Å². The lowest BCUT2D eigenvalue weighted by atomic mass is 9.92. The molecule has 0 amide bonds. The van der Waals surface area contributed by atoms with Crippen LogP contribution in [0.1, 0.15) is 50.2 Å². The highest BCUT2D eigenvalue weighted by Gasteiger charge is 2.31. The Morgan fingerprint density at radius 1 is 1.39 bits per heavy atom. The molecule has 2 fully saturated rings. The topological polar surface area (TPSA) is 62.4 Å². The second-order valence-corrected chi connectivity index (χ2v) is 5.58. The molecule has 1 aliphatic carbocycles. The van der Waals surface area contributed by atoms with Crippen LogP contribution in [0.2, 0.25) is 0 Å². The van der Waals surface area contributed by atoms with E-state index >= 15 is 0 Å². The highest BCUT2D eigenvalue weighted by molar-refractivity contribution is 5.01. The number of aromatic nitrogens is 2. The van der Waals surface area contributed by atoms with Crippen molar-refractivity contribution in [1.29, 1.82) is 0 Å². The number of hydrogen-bond donors (Lipinski definition) is 1. The van der Waals surface area contributed by atoms with Gasteiger partial charge in [-0.3, -0.25) is 4.90 Å². The Morgan fingerprint density at radius 2 is 2.22 bits per heavy atom. The summed E-state index contributed by atoms with van der Waals surface area (Å²) in [6.07, 6.45) is 4.12. The van der Waals surface area contributed by atoms with Crippen LogP contribution in [0.4, 0.5) is 0 Å². The van der Waals surface area contributed by atoms with Crippen LogP contribution in [0.15, 0.2) is 4.52 Å². The first-order chi connectivity index (χ1) is 8.76. The lowest BCUT2D eigenvalue weighted by molar-refractivity contribution is 0.0211. The summed E-state index contributed by atoms with van der Waals surface area (Å²) >= 11 is 0. The molecule has 1 saturated carbocycles. The molecule has 18 heavy (non-hydrogen) atoms. The fourth-order valence-electron chi connectivity index (χ4n) is 2.67. The van der Waals surface area contributed by atoms with Crippen molar-refractivity contribution in [1.82, 2.24) is 15.0 Å². The van der Waals surface area contributed by atoms with Crippen molar-refractivity contribution in [2.45, 2.75) is 51.2 Å². The van der Waals surface area contributed by atoms with E-state index in [1.165, 1.54) is 12.8 Å². The van der Waals surface area contributed by atoms with Gasteiger partial charge in [0.25, 0.3) is 0 Å². The number of aliphatic hydroxyl groups excluding tert-OH is 1. The Balaban J connectivity index is 1.58. The first-order valence-electron chi connectivity index (χ1n) is 6.99. The molecule has 2 aliphatic rings. The Bertz CT molecular complexity index is 403. The number of likely N-dealkylation sites (tertiary alicyclic amines) is 1. The van der Waals surface area contributed by atoms with Gasteiger partial charge in [0.2, 0.25) is 5.89 Å². The zero-order valence-corrected chi connectivity index (χ0v) is 10.9. The summed E-state index contributed by atoms with van der Waals surface area (Å²) in [5.41, 5.74) is 0. The second-order valence-electron chi connectivity index (χ2n) is 5.58. The van der Waals surface area contributed by atoms with E-state index in [4.69, 9.17) is 4.52 Å². The van der Waals surface area contributed by atoms with Gasteiger partial charge in [0.05, 0.1) is 12.6 Å². The van der Waals surface area contributed by atoms with Crippen LogP contribution in [-0.4, -0.2) is 39.3 Å². The number of aliphatic hydroxyl groups is 1. The van der Waals surface area contributed by atoms with Crippen LogP contribution in [-0.2, 0) is 6.54 Å². The van der Waals surface area contributed by atoms with Gasteiger partial charge in [0.15, 0.2) is 5.82 Å². The van der Waals surface area contributed by atoms with Crippen LogP contribution in [0, 0.1) is 5.92 Å². The first-order valence-corrected chi connectivity index (χ1v) is 6.99. The normalized spacial score (nSPS) is 29.7. The smallest absolute Gasteiger partial charge is 0.229 e. The Morgan fingerprint density at radius 3 is 2.94 bits per heavy atom. The van der Waals surface area contributed by atoms with Crippen molar-refractivity contribution in [3.8, 4) is 0 Å². The molecule has 1 aliphatic heterocycles. The molecule has 3 rings (SSSR count). The van der Waals surface area contributed by atoms with E-state index in [1.807, 2.05) is 0 Å². The highest BCUT2D eigenvalue weighted by atomic mass is 16.5. The summed E-state index contributed by atoms with van der Waals surface area (Å²) < 4.78 is 5.27. The van der Waals surface area contributed by atoms with Gasteiger partial charge in [-0.2, -0.15) is 4.98 Å². The molecule has 0 bridgehead atoms. The van der Waals surface area contributed by atoms with Gasteiger partial charge >= 0.3 is 0 Å². The van der Waals surface area contributed by atoms with Crippen molar-refractivity contribution in [3.63, 3.8) is 0 Å². The Hall–Kier alpha value is -0.940. The van der Waals surface area contributed by atoms with Crippen molar-refractivity contribution in [2.24, 2.45) is 5.92 Å². The van der Waals surface area contributed by atoms with Gasteiger partial charge < -0.3 is 9.63 Å². The Labute approximate surface area is 107 Å². The maximum absolute atomic E-state index is 9.86. The fraction of sp³-hybridized carbons (Fsp3) is 0.846. The van der Waals surface area contributed by atoms with Gasteiger partial charge in [0.1, 0.15) is 0 Å². The lowest BCUT2D eigenvalue weighted by Gasteiger charge is -2.35. The number of hydrogen-bond acceptors (Lipinski definition) is 5. The fourth-order valence-corrected chi connectivity index (χ4v) is 2.67. The summed E-state index contributed by atoms with van der Waals surface area (Å²) in [5.74, 6) is 2.52. The molecule has 1 aromatic rings. The maximum Gasteiger partial charge on any atom is 0.229 e. The van der Waals surface area contributed by atoms with E-state index in [-0.39, 0.29) is 6.10 Å². The van der Waals surface area contributed by atoms with Crippen LogP contribution < -0.4 is 0 Å². The molecular weight excluding hydrogens is 230 g/mol. The molecule has 5 heteroatoms. The van der Waals surface area contributed by atoms with Crippen molar-refractivity contribution >= 4 is 0 Å². The number of rotatable bonds is 4. The molecule has 1 N–H and O–H groups in total. The van der Waals surface area contributed by atoms with Gasteiger partial charge in [0, 0.05) is 19.0 Å². The summed E-state index contributed by atoms with van der Waals surface area (Å²) in [7, 11) is 0. The predicted molar refractivity (Wildman–Crippen MR) is 66.0 cm³/mol. The minimum absolute atomic E-state index is 0.140. The third-order valence-electron chi connectivity index (χ3n) is 4.08.